The maximum Gasteiger partial charge on any atom is 0.139 e. The highest BCUT2D eigenvalue weighted by atomic mass is 19.1. The van der Waals surface area contributed by atoms with Gasteiger partial charge in [0.15, 0.2) is 0 Å². The number of hydrogen-bond donors (Lipinski definition) is 0. The molecular formula is C36H36F2N6. The fraction of sp³-hybridized carbons (Fsp3) is 0.222. The van der Waals surface area contributed by atoms with Crippen molar-refractivity contribution in [3.8, 4) is 11.4 Å². The normalized spacial score (nSPS) is 12.0. The first-order chi connectivity index (χ1) is 21.3. The van der Waals surface area contributed by atoms with Gasteiger partial charge in [-0.1, -0.05) is 24.3 Å². The second-order valence-electron chi connectivity index (χ2n) is 10.7. The van der Waals surface area contributed by atoms with Gasteiger partial charge in [-0.3, -0.25) is 9.98 Å². The Balaban J connectivity index is 0.000000175. The van der Waals surface area contributed by atoms with E-state index in [1.165, 1.54) is 46.3 Å². The SMILES string of the molecule is CC(=NCCc1cn(C)c2ncccc12)c1cccc(F)c1.CC(=NCCc1cnc2n(C)cccc1-2)c1cccc(F)c1. The first kappa shape index (κ1) is 30.5. The lowest BCUT2D eigenvalue weighted by molar-refractivity contribution is 0.627. The van der Waals surface area contributed by atoms with Crippen LogP contribution in [-0.4, -0.2) is 43.6 Å². The molecule has 0 aliphatic carbocycles. The maximum absolute atomic E-state index is 13.2. The minimum atomic E-state index is -0.231. The minimum Gasteiger partial charge on any atom is -0.336 e. The Kier molecular flexibility index (Phi) is 9.69. The Bertz CT molecular complexity index is 1900. The maximum atomic E-state index is 13.2. The van der Waals surface area contributed by atoms with Crippen molar-refractivity contribution in [1.29, 1.82) is 0 Å². The quantitative estimate of drug-likeness (QED) is 0.173. The lowest BCUT2D eigenvalue weighted by atomic mass is 10.1. The van der Waals surface area contributed by atoms with Crippen LogP contribution in [0.3, 0.4) is 0 Å². The van der Waals surface area contributed by atoms with Crippen molar-refractivity contribution in [2.75, 3.05) is 13.1 Å². The molecule has 2 aromatic heterocycles. The molecule has 4 heterocycles. The van der Waals surface area contributed by atoms with Gasteiger partial charge in [-0.15, -0.1) is 0 Å². The number of aromatic nitrogens is 4. The highest BCUT2D eigenvalue weighted by molar-refractivity contribution is 5.99. The van der Waals surface area contributed by atoms with Crippen LogP contribution in [0.4, 0.5) is 8.78 Å². The molecule has 2 aliphatic rings. The Hall–Kier alpha value is -4.98. The molecule has 2 aromatic carbocycles. The summed E-state index contributed by atoms with van der Waals surface area (Å²) < 4.78 is 30.5. The third-order valence-electron chi connectivity index (χ3n) is 7.60. The molecule has 0 amide bonds. The van der Waals surface area contributed by atoms with Gasteiger partial charge in [0.05, 0.1) is 0 Å². The summed E-state index contributed by atoms with van der Waals surface area (Å²) in [4.78, 5) is 18.0. The highest BCUT2D eigenvalue weighted by Crippen LogP contribution is 2.24. The first-order valence-electron chi connectivity index (χ1n) is 14.6. The number of halogens is 2. The average molecular weight is 591 g/mol. The minimum absolute atomic E-state index is 0.229. The molecule has 6 nitrogen and oxygen atoms in total. The van der Waals surface area contributed by atoms with Crippen molar-refractivity contribution >= 4 is 22.5 Å². The van der Waals surface area contributed by atoms with E-state index in [-0.39, 0.29) is 11.6 Å². The van der Waals surface area contributed by atoms with Crippen LogP contribution in [0, 0.1) is 11.6 Å². The van der Waals surface area contributed by atoms with Crippen LogP contribution in [0.1, 0.15) is 36.1 Å². The van der Waals surface area contributed by atoms with Crippen LogP contribution in [0.15, 0.2) is 108 Å². The molecule has 8 heteroatoms. The fourth-order valence-corrected chi connectivity index (χ4v) is 5.21. The molecule has 0 spiro atoms. The Morgan fingerprint density at radius 3 is 2.00 bits per heavy atom. The topological polar surface area (TPSA) is 60.4 Å². The first-order valence-corrected chi connectivity index (χ1v) is 14.6. The zero-order valence-corrected chi connectivity index (χ0v) is 25.5. The van der Waals surface area contributed by atoms with Crippen LogP contribution in [0.2, 0.25) is 0 Å². The predicted octanol–water partition coefficient (Wildman–Crippen LogP) is 7.48. The van der Waals surface area contributed by atoms with E-state index in [4.69, 9.17) is 0 Å². The average Bonchev–Trinajstić information content (AvgIpc) is 3.59. The van der Waals surface area contributed by atoms with Gasteiger partial charge >= 0.3 is 0 Å². The van der Waals surface area contributed by atoms with Gasteiger partial charge in [-0.25, -0.2) is 18.7 Å². The Morgan fingerprint density at radius 1 is 0.727 bits per heavy atom. The summed E-state index contributed by atoms with van der Waals surface area (Å²) in [6, 6.07) is 21.2. The second kappa shape index (κ2) is 14.0. The van der Waals surface area contributed by atoms with Crippen LogP contribution in [0.5, 0.6) is 0 Å². The van der Waals surface area contributed by atoms with E-state index in [0.29, 0.717) is 13.1 Å². The third kappa shape index (κ3) is 7.32. The van der Waals surface area contributed by atoms with E-state index in [2.05, 4.69) is 38.3 Å². The Morgan fingerprint density at radius 2 is 1.36 bits per heavy atom. The van der Waals surface area contributed by atoms with Gasteiger partial charge in [0.1, 0.15) is 23.1 Å². The molecular weight excluding hydrogens is 554 g/mol. The number of hydrogen-bond acceptors (Lipinski definition) is 4. The highest BCUT2D eigenvalue weighted by Gasteiger charge is 2.12. The lowest BCUT2D eigenvalue weighted by Crippen LogP contribution is -2.00. The molecule has 0 fully saturated rings. The van der Waals surface area contributed by atoms with E-state index in [9.17, 15) is 8.78 Å². The molecule has 6 rings (SSSR count). The molecule has 44 heavy (non-hydrogen) atoms. The number of aryl methyl sites for hydroxylation is 2. The van der Waals surface area contributed by atoms with Crippen LogP contribution in [0.25, 0.3) is 22.4 Å². The van der Waals surface area contributed by atoms with Gasteiger partial charge < -0.3 is 9.13 Å². The summed E-state index contributed by atoms with van der Waals surface area (Å²) in [5.74, 6) is 0.529. The lowest BCUT2D eigenvalue weighted by Gasteiger charge is -2.06. The number of nitrogens with zero attached hydrogens (tertiary/aromatic N) is 6. The monoisotopic (exact) mass is 590 g/mol. The van der Waals surface area contributed by atoms with Crippen LogP contribution in [-0.2, 0) is 26.9 Å². The zero-order valence-electron chi connectivity index (χ0n) is 25.5. The fourth-order valence-electron chi connectivity index (χ4n) is 5.21. The van der Waals surface area contributed by atoms with Crippen molar-refractivity contribution in [3.05, 3.63) is 131 Å². The molecule has 0 radical (unpaired) electrons. The molecule has 0 atom stereocenters. The van der Waals surface area contributed by atoms with Gasteiger partial charge in [0.2, 0.25) is 0 Å². The molecule has 0 unspecified atom stereocenters. The number of fused-ring (bicyclic) bond motifs is 2. The van der Waals surface area contributed by atoms with Crippen LogP contribution < -0.4 is 0 Å². The molecule has 2 aliphatic heterocycles. The van der Waals surface area contributed by atoms with Crippen molar-refractivity contribution in [3.63, 3.8) is 0 Å². The molecule has 0 N–H and O–H groups in total. The molecule has 0 saturated carbocycles. The Labute approximate surface area is 256 Å². The van der Waals surface area contributed by atoms with Gasteiger partial charge in [0.25, 0.3) is 0 Å². The molecule has 0 saturated heterocycles. The predicted molar refractivity (Wildman–Crippen MR) is 175 cm³/mol. The molecule has 0 bridgehead atoms. The molecule has 224 valence electrons. The number of rotatable bonds is 8. The van der Waals surface area contributed by atoms with Crippen molar-refractivity contribution in [2.45, 2.75) is 26.7 Å². The van der Waals surface area contributed by atoms with Crippen molar-refractivity contribution in [1.82, 2.24) is 19.1 Å². The summed E-state index contributed by atoms with van der Waals surface area (Å²) in [6.07, 6.45) is 9.48. The van der Waals surface area contributed by atoms with Crippen LogP contribution >= 0.6 is 0 Å². The summed E-state index contributed by atoms with van der Waals surface area (Å²) >= 11 is 0. The van der Waals surface area contributed by atoms with Crippen molar-refractivity contribution < 1.29 is 8.78 Å². The van der Waals surface area contributed by atoms with E-state index >= 15 is 0 Å². The smallest absolute Gasteiger partial charge is 0.139 e. The second-order valence-corrected chi connectivity index (χ2v) is 10.7. The summed E-state index contributed by atoms with van der Waals surface area (Å²) in [5.41, 5.74) is 7.97. The van der Waals surface area contributed by atoms with Gasteiger partial charge in [-0.2, -0.15) is 0 Å². The van der Waals surface area contributed by atoms with Gasteiger partial charge in [0, 0.05) is 74.3 Å². The third-order valence-corrected chi connectivity index (χ3v) is 7.60. The van der Waals surface area contributed by atoms with Crippen molar-refractivity contribution in [2.24, 2.45) is 24.1 Å². The standard InChI is InChI=1S/2C18H18FN3/c1-13(14-5-3-6-16(19)11-14)20-9-8-15-12-21-18-17(15)7-4-10-22(18)2;1-13(14-5-3-6-16(19)11-14)20-10-8-15-12-22(2)18-17(15)7-4-9-21-18/h3-7,10-12H,8-9H2,1-2H3;3-7,9,11-12H,8,10H2,1-2H3. The van der Waals surface area contributed by atoms with E-state index in [0.717, 1.165) is 46.9 Å². The largest absolute Gasteiger partial charge is 0.336 e. The number of benzene rings is 2. The zero-order chi connectivity index (χ0) is 31.1. The number of pyridine rings is 2. The summed E-state index contributed by atoms with van der Waals surface area (Å²) in [5, 5.41) is 1.17. The van der Waals surface area contributed by atoms with E-state index < -0.39 is 0 Å². The summed E-state index contributed by atoms with van der Waals surface area (Å²) in [7, 11) is 3.99. The van der Waals surface area contributed by atoms with Gasteiger partial charge in [-0.05, 0) is 97.5 Å². The number of aliphatic imine (C=N–C) groups is 2. The molecule has 4 aromatic rings. The van der Waals surface area contributed by atoms with E-state index in [1.54, 1.807) is 18.3 Å². The summed E-state index contributed by atoms with van der Waals surface area (Å²) in [6.45, 7) is 5.17. The van der Waals surface area contributed by atoms with E-state index in [1.807, 2.05) is 73.7 Å².